The van der Waals surface area contributed by atoms with Gasteiger partial charge < -0.3 is 4.79 Å². The van der Waals surface area contributed by atoms with Crippen LogP contribution in [-0.2, 0) is 10.2 Å². The molecule has 1 nitrogen and oxygen atoms in total. The van der Waals surface area contributed by atoms with Crippen molar-refractivity contribution >= 4 is 6.29 Å². The van der Waals surface area contributed by atoms with Gasteiger partial charge in [0.15, 0.2) is 0 Å². The van der Waals surface area contributed by atoms with Crippen LogP contribution in [-0.4, -0.2) is 6.29 Å². The molecule has 0 spiro atoms. The zero-order chi connectivity index (χ0) is 14.7. The van der Waals surface area contributed by atoms with Gasteiger partial charge in [0, 0.05) is 0 Å². The summed E-state index contributed by atoms with van der Waals surface area (Å²) in [5.74, 6) is 0. The number of unbranched alkanes of at least 4 members (excludes halogenated alkanes) is 5. The highest BCUT2D eigenvalue weighted by Crippen LogP contribution is 2.34. The Balaban J connectivity index is 2.76. The van der Waals surface area contributed by atoms with Crippen LogP contribution in [0.4, 0.5) is 0 Å². The predicted octanol–water partition coefficient (Wildman–Crippen LogP) is 5.67. The van der Waals surface area contributed by atoms with Gasteiger partial charge in [-0.05, 0) is 18.4 Å². The monoisotopic (exact) mass is 274 g/mol. The quantitative estimate of drug-likeness (QED) is 0.375. The molecule has 0 saturated carbocycles. The fraction of sp³-hybridized carbons (Fsp3) is 0.632. The van der Waals surface area contributed by atoms with Crippen LogP contribution >= 0.6 is 0 Å². The summed E-state index contributed by atoms with van der Waals surface area (Å²) >= 11 is 0. The second kappa shape index (κ2) is 9.74. The maximum absolute atomic E-state index is 11.9. The molecular formula is C19H30O. The summed E-state index contributed by atoms with van der Waals surface area (Å²) in [6.45, 7) is 4.44. The standard InChI is InChI=1S/C19H30O/c1-3-5-7-12-16-19(17-20,15-11-6-4-2)18-13-9-8-10-14-18/h8-10,13-14,17H,3-7,11-12,15-16H2,1-2H3. The first-order valence-corrected chi connectivity index (χ1v) is 8.31. The number of aldehydes is 1. The van der Waals surface area contributed by atoms with Gasteiger partial charge in [-0.15, -0.1) is 0 Å². The fourth-order valence-electron chi connectivity index (χ4n) is 2.93. The average molecular weight is 274 g/mol. The van der Waals surface area contributed by atoms with Crippen molar-refractivity contribution in [3.8, 4) is 0 Å². The molecule has 0 fully saturated rings. The maximum Gasteiger partial charge on any atom is 0.130 e. The lowest BCUT2D eigenvalue weighted by Gasteiger charge is -2.29. The summed E-state index contributed by atoms with van der Waals surface area (Å²) in [4.78, 5) is 11.9. The van der Waals surface area contributed by atoms with Gasteiger partial charge >= 0.3 is 0 Å². The zero-order valence-electron chi connectivity index (χ0n) is 13.2. The number of carbonyl (C=O) groups is 1. The molecule has 0 saturated heterocycles. The lowest BCUT2D eigenvalue weighted by molar-refractivity contribution is -0.113. The van der Waals surface area contributed by atoms with Crippen molar-refractivity contribution in [3.05, 3.63) is 35.9 Å². The smallest absolute Gasteiger partial charge is 0.130 e. The number of rotatable bonds is 11. The summed E-state index contributed by atoms with van der Waals surface area (Å²) in [5, 5.41) is 0. The largest absolute Gasteiger partial charge is 0.302 e. The molecule has 0 aliphatic rings. The molecule has 0 amide bonds. The Morgan fingerprint density at radius 3 is 1.95 bits per heavy atom. The molecular weight excluding hydrogens is 244 g/mol. The Bertz CT molecular complexity index is 357. The molecule has 112 valence electrons. The van der Waals surface area contributed by atoms with Crippen LogP contribution in [0, 0.1) is 0 Å². The predicted molar refractivity (Wildman–Crippen MR) is 87.1 cm³/mol. The van der Waals surface area contributed by atoms with Gasteiger partial charge in [-0.25, -0.2) is 0 Å². The summed E-state index contributed by atoms with van der Waals surface area (Å²) in [6, 6.07) is 10.4. The molecule has 0 aliphatic carbocycles. The molecule has 1 aromatic carbocycles. The van der Waals surface area contributed by atoms with Crippen LogP contribution in [0.15, 0.2) is 30.3 Å². The van der Waals surface area contributed by atoms with Gasteiger partial charge in [0.05, 0.1) is 5.41 Å². The van der Waals surface area contributed by atoms with Crippen molar-refractivity contribution in [2.45, 2.75) is 77.0 Å². The fourth-order valence-corrected chi connectivity index (χ4v) is 2.93. The zero-order valence-corrected chi connectivity index (χ0v) is 13.2. The maximum atomic E-state index is 11.9. The van der Waals surface area contributed by atoms with E-state index in [0.717, 1.165) is 25.7 Å². The normalized spacial score (nSPS) is 13.9. The summed E-state index contributed by atoms with van der Waals surface area (Å²) in [7, 11) is 0. The average Bonchev–Trinajstić information content (AvgIpc) is 2.51. The second-order valence-corrected chi connectivity index (χ2v) is 5.91. The van der Waals surface area contributed by atoms with Gasteiger partial charge in [-0.3, -0.25) is 0 Å². The topological polar surface area (TPSA) is 17.1 Å². The van der Waals surface area contributed by atoms with E-state index in [1.807, 2.05) is 6.07 Å². The SMILES string of the molecule is CCCCCCC(C=O)(CCCCC)c1ccccc1. The Morgan fingerprint density at radius 2 is 1.40 bits per heavy atom. The highest BCUT2D eigenvalue weighted by atomic mass is 16.1. The lowest BCUT2D eigenvalue weighted by Crippen LogP contribution is -2.28. The number of benzene rings is 1. The number of hydrogen-bond donors (Lipinski definition) is 0. The van der Waals surface area contributed by atoms with E-state index >= 15 is 0 Å². The third-order valence-electron chi connectivity index (χ3n) is 4.28. The van der Waals surface area contributed by atoms with E-state index in [0.29, 0.717) is 0 Å². The minimum absolute atomic E-state index is 0.246. The van der Waals surface area contributed by atoms with Crippen molar-refractivity contribution in [3.63, 3.8) is 0 Å². The second-order valence-electron chi connectivity index (χ2n) is 5.91. The Morgan fingerprint density at radius 1 is 0.850 bits per heavy atom. The Kier molecular flexibility index (Phi) is 8.25. The van der Waals surface area contributed by atoms with Crippen molar-refractivity contribution in [1.82, 2.24) is 0 Å². The molecule has 0 bridgehead atoms. The molecule has 1 aromatic rings. The molecule has 0 aromatic heterocycles. The molecule has 0 aliphatic heterocycles. The van der Waals surface area contributed by atoms with E-state index < -0.39 is 0 Å². The molecule has 1 rings (SSSR count). The molecule has 0 radical (unpaired) electrons. The van der Waals surface area contributed by atoms with Gasteiger partial charge in [-0.1, -0.05) is 89.1 Å². The molecule has 20 heavy (non-hydrogen) atoms. The first-order chi connectivity index (χ1) is 9.79. The molecule has 0 N–H and O–H groups in total. The van der Waals surface area contributed by atoms with Crippen molar-refractivity contribution in [2.75, 3.05) is 0 Å². The van der Waals surface area contributed by atoms with Crippen LogP contribution in [0.1, 0.15) is 77.2 Å². The van der Waals surface area contributed by atoms with Crippen LogP contribution in [0.5, 0.6) is 0 Å². The van der Waals surface area contributed by atoms with E-state index in [1.165, 1.54) is 44.0 Å². The van der Waals surface area contributed by atoms with E-state index in [4.69, 9.17) is 0 Å². The highest BCUT2D eigenvalue weighted by Gasteiger charge is 2.30. The van der Waals surface area contributed by atoms with Gasteiger partial charge in [0.2, 0.25) is 0 Å². The van der Waals surface area contributed by atoms with E-state index in [1.54, 1.807) is 0 Å². The molecule has 0 heterocycles. The summed E-state index contributed by atoms with van der Waals surface area (Å²) in [6.07, 6.45) is 11.7. The third kappa shape index (κ3) is 5.11. The summed E-state index contributed by atoms with van der Waals surface area (Å²) < 4.78 is 0. The summed E-state index contributed by atoms with van der Waals surface area (Å²) in [5.41, 5.74) is 0.965. The highest BCUT2D eigenvalue weighted by molar-refractivity contribution is 5.68. The van der Waals surface area contributed by atoms with Crippen LogP contribution in [0.25, 0.3) is 0 Å². The lowest BCUT2D eigenvalue weighted by atomic mass is 9.73. The van der Waals surface area contributed by atoms with Crippen molar-refractivity contribution in [1.29, 1.82) is 0 Å². The number of hydrogen-bond acceptors (Lipinski definition) is 1. The molecule has 1 atom stereocenters. The minimum atomic E-state index is -0.246. The Hall–Kier alpha value is -1.11. The Labute approximate surface area is 124 Å². The van der Waals surface area contributed by atoms with Gasteiger partial charge in [0.25, 0.3) is 0 Å². The van der Waals surface area contributed by atoms with Gasteiger partial charge in [0.1, 0.15) is 6.29 Å². The van der Waals surface area contributed by atoms with Crippen molar-refractivity contribution < 1.29 is 4.79 Å². The molecule has 1 unspecified atom stereocenters. The van der Waals surface area contributed by atoms with Crippen LogP contribution in [0.2, 0.25) is 0 Å². The van der Waals surface area contributed by atoms with E-state index in [9.17, 15) is 4.79 Å². The van der Waals surface area contributed by atoms with Crippen LogP contribution in [0.3, 0.4) is 0 Å². The number of carbonyl (C=O) groups excluding carboxylic acids is 1. The van der Waals surface area contributed by atoms with Crippen molar-refractivity contribution in [2.24, 2.45) is 0 Å². The van der Waals surface area contributed by atoms with E-state index in [2.05, 4.69) is 38.1 Å². The third-order valence-corrected chi connectivity index (χ3v) is 4.28. The minimum Gasteiger partial charge on any atom is -0.302 e. The molecule has 1 heteroatoms. The van der Waals surface area contributed by atoms with Gasteiger partial charge in [-0.2, -0.15) is 0 Å². The van der Waals surface area contributed by atoms with Crippen LogP contribution < -0.4 is 0 Å². The van der Waals surface area contributed by atoms with E-state index in [-0.39, 0.29) is 5.41 Å². The first-order valence-electron chi connectivity index (χ1n) is 8.31. The first kappa shape index (κ1) is 16.9.